The second-order valence-electron chi connectivity index (χ2n) is 6.42. The Balaban J connectivity index is 1.79. The predicted molar refractivity (Wildman–Crippen MR) is 111 cm³/mol. The zero-order valence-corrected chi connectivity index (χ0v) is 16.2. The molecule has 3 aromatic carbocycles. The van der Waals surface area contributed by atoms with Crippen molar-refractivity contribution in [3.8, 4) is 0 Å². The summed E-state index contributed by atoms with van der Waals surface area (Å²) in [5, 5.41) is 3.04. The van der Waals surface area contributed by atoms with E-state index in [1.165, 1.54) is 18.2 Å². The number of anilines is 3. The van der Waals surface area contributed by atoms with Gasteiger partial charge in [-0.15, -0.1) is 0 Å². The van der Waals surface area contributed by atoms with Gasteiger partial charge in [-0.3, -0.25) is 4.72 Å². The third kappa shape index (κ3) is 4.02. The minimum atomic E-state index is -3.86. The van der Waals surface area contributed by atoms with Crippen LogP contribution in [0.1, 0.15) is 5.56 Å². The molecule has 0 radical (unpaired) electrons. The van der Waals surface area contributed by atoms with Crippen LogP contribution in [-0.4, -0.2) is 18.4 Å². The number of para-hydroxylation sites is 2. The van der Waals surface area contributed by atoms with Crippen molar-refractivity contribution in [2.24, 2.45) is 0 Å². The van der Waals surface area contributed by atoms with Crippen LogP contribution in [0.5, 0.6) is 0 Å². The van der Waals surface area contributed by atoms with Gasteiger partial charge in [0.2, 0.25) is 0 Å². The van der Waals surface area contributed by atoms with Crippen molar-refractivity contribution in [2.75, 3.05) is 10.0 Å². The zero-order chi connectivity index (χ0) is 20.4. The fourth-order valence-electron chi connectivity index (χ4n) is 2.80. The number of hydrogen-bond acceptors (Lipinski definition) is 5. The lowest BCUT2D eigenvalue weighted by atomic mass is 10.2. The van der Waals surface area contributed by atoms with Gasteiger partial charge < -0.3 is 5.32 Å². The van der Waals surface area contributed by atoms with Crippen LogP contribution in [0.4, 0.5) is 21.7 Å². The van der Waals surface area contributed by atoms with Gasteiger partial charge in [-0.1, -0.05) is 30.3 Å². The number of halogens is 1. The Bertz CT molecular complexity index is 1290. The lowest BCUT2D eigenvalue weighted by Crippen LogP contribution is -2.16. The Morgan fingerprint density at radius 1 is 0.828 bits per heavy atom. The molecule has 1 aromatic heterocycles. The largest absolute Gasteiger partial charge is 0.337 e. The van der Waals surface area contributed by atoms with E-state index in [0.29, 0.717) is 22.3 Å². The van der Waals surface area contributed by atoms with Gasteiger partial charge >= 0.3 is 0 Å². The number of rotatable bonds is 5. The lowest BCUT2D eigenvalue weighted by molar-refractivity contribution is 0.601. The Morgan fingerprint density at radius 2 is 1.45 bits per heavy atom. The van der Waals surface area contributed by atoms with E-state index in [-0.39, 0.29) is 22.3 Å². The van der Waals surface area contributed by atoms with Crippen molar-refractivity contribution in [3.05, 3.63) is 84.2 Å². The summed E-state index contributed by atoms with van der Waals surface area (Å²) < 4.78 is 41.7. The molecule has 0 saturated heterocycles. The van der Waals surface area contributed by atoms with E-state index in [0.717, 1.165) is 0 Å². The Labute approximate surface area is 167 Å². The van der Waals surface area contributed by atoms with Gasteiger partial charge in [-0.2, -0.15) is 0 Å². The maximum atomic E-state index is 13.6. The molecule has 0 unspecified atom stereocenters. The Morgan fingerprint density at radius 3 is 2.10 bits per heavy atom. The minimum Gasteiger partial charge on any atom is -0.337 e. The fourth-order valence-corrected chi connectivity index (χ4v) is 3.83. The van der Waals surface area contributed by atoms with Gasteiger partial charge in [0.1, 0.15) is 5.82 Å². The number of hydrogen-bond donors (Lipinski definition) is 2. The molecule has 0 saturated carbocycles. The van der Waals surface area contributed by atoms with Crippen molar-refractivity contribution < 1.29 is 12.8 Å². The number of benzene rings is 3. The van der Waals surface area contributed by atoms with Gasteiger partial charge in [0.25, 0.3) is 10.0 Å². The highest BCUT2D eigenvalue weighted by atomic mass is 32.2. The van der Waals surface area contributed by atoms with Crippen molar-refractivity contribution in [2.45, 2.75) is 11.8 Å². The molecule has 1 heterocycles. The van der Waals surface area contributed by atoms with Gasteiger partial charge in [0.15, 0.2) is 11.6 Å². The standard InChI is InChI=1S/C21H17FN4O2S/c1-14-13-15(11-12-17(14)22)23-20-21(25-19-10-6-5-9-18(19)24-20)26-29(27,28)16-7-3-2-4-8-16/h2-13H,1H3,(H,23,24)(H,25,26). The number of aromatic nitrogens is 2. The summed E-state index contributed by atoms with van der Waals surface area (Å²) in [4.78, 5) is 9.05. The molecule has 4 aromatic rings. The highest BCUT2D eigenvalue weighted by Gasteiger charge is 2.19. The number of nitrogens with zero attached hydrogens (tertiary/aromatic N) is 2. The highest BCUT2D eigenvalue weighted by molar-refractivity contribution is 7.92. The van der Waals surface area contributed by atoms with E-state index in [9.17, 15) is 12.8 Å². The van der Waals surface area contributed by atoms with Gasteiger partial charge in [-0.05, 0) is 55.0 Å². The van der Waals surface area contributed by atoms with E-state index in [2.05, 4.69) is 20.0 Å². The first-order valence-corrected chi connectivity index (χ1v) is 10.3. The molecule has 0 fully saturated rings. The van der Waals surface area contributed by atoms with Crippen molar-refractivity contribution >= 4 is 38.4 Å². The van der Waals surface area contributed by atoms with Crippen molar-refractivity contribution in [3.63, 3.8) is 0 Å². The molecule has 0 aliphatic rings. The van der Waals surface area contributed by atoms with Crippen molar-refractivity contribution in [1.82, 2.24) is 9.97 Å². The summed E-state index contributed by atoms with van der Waals surface area (Å²) in [6.07, 6.45) is 0. The van der Waals surface area contributed by atoms with Crippen LogP contribution in [0.2, 0.25) is 0 Å². The normalized spacial score (nSPS) is 11.4. The average Bonchev–Trinajstić information content (AvgIpc) is 2.71. The Kier molecular flexibility index (Phi) is 4.85. The highest BCUT2D eigenvalue weighted by Crippen LogP contribution is 2.27. The predicted octanol–water partition coefficient (Wildman–Crippen LogP) is 4.62. The van der Waals surface area contributed by atoms with E-state index in [4.69, 9.17) is 0 Å². The van der Waals surface area contributed by atoms with Crippen molar-refractivity contribution in [1.29, 1.82) is 0 Å². The van der Waals surface area contributed by atoms with Gasteiger partial charge in [0.05, 0.1) is 15.9 Å². The Hall–Kier alpha value is -3.52. The molecule has 0 aliphatic carbocycles. The number of nitrogens with one attached hydrogen (secondary N) is 2. The summed E-state index contributed by atoms with van der Waals surface area (Å²) in [6.45, 7) is 1.64. The minimum absolute atomic E-state index is 0.0505. The van der Waals surface area contributed by atoms with Crippen LogP contribution in [0, 0.1) is 12.7 Å². The summed E-state index contributed by atoms with van der Waals surface area (Å²) in [7, 11) is -3.86. The summed E-state index contributed by atoms with van der Waals surface area (Å²) >= 11 is 0. The maximum Gasteiger partial charge on any atom is 0.263 e. The van der Waals surface area contributed by atoms with E-state index >= 15 is 0 Å². The first-order valence-electron chi connectivity index (χ1n) is 8.80. The zero-order valence-electron chi connectivity index (χ0n) is 15.4. The van der Waals surface area contributed by atoms with E-state index < -0.39 is 10.0 Å². The topological polar surface area (TPSA) is 84.0 Å². The van der Waals surface area contributed by atoms with Crippen LogP contribution in [0.15, 0.2) is 77.7 Å². The molecular formula is C21H17FN4O2S. The average molecular weight is 408 g/mol. The number of fused-ring (bicyclic) bond motifs is 1. The maximum absolute atomic E-state index is 13.6. The summed E-state index contributed by atoms with van der Waals surface area (Å²) in [5.74, 6) is -0.0612. The fraction of sp³-hybridized carbons (Fsp3) is 0.0476. The second-order valence-corrected chi connectivity index (χ2v) is 8.10. The molecule has 4 rings (SSSR count). The first kappa shape index (κ1) is 18.8. The smallest absolute Gasteiger partial charge is 0.263 e. The molecule has 146 valence electrons. The van der Waals surface area contributed by atoms with Crippen LogP contribution < -0.4 is 10.0 Å². The molecule has 0 spiro atoms. The quantitative estimate of drug-likeness (QED) is 0.503. The summed E-state index contributed by atoms with van der Waals surface area (Å²) in [6, 6.07) is 19.6. The van der Waals surface area contributed by atoms with Gasteiger partial charge in [-0.25, -0.2) is 22.8 Å². The molecule has 29 heavy (non-hydrogen) atoms. The first-order chi connectivity index (χ1) is 13.9. The summed E-state index contributed by atoms with van der Waals surface area (Å²) in [5.41, 5.74) is 2.15. The van der Waals surface area contributed by atoms with Gasteiger partial charge in [0, 0.05) is 5.69 Å². The third-order valence-corrected chi connectivity index (χ3v) is 5.63. The van der Waals surface area contributed by atoms with Crippen LogP contribution in [-0.2, 0) is 10.0 Å². The molecule has 0 aliphatic heterocycles. The number of aryl methyl sites for hydroxylation is 1. The van der Waals surface area contributed by atoms with Crippen LogP contribution in [0.25, 0.3) is 11.0 Å². The van der Waals surface area contributed by atoms with Crippen LogP contribution >= 0.6 is 0 Å². The van der Waals surface area contributed by atoms with Crippen LogP contribution in [0.3, 0.4) is 0 Å². The lowest BCUT2D eigenvalue weighted by Gasteiger charge is -2.14. The third-order valence-electron chi connectivity index (χ3n) is 4.28. The molecule has 6 nitrogen and oxygen atoms in total. The molecular weight excluding hydrogens is 391 g/mol. The molecule has 0 atom stereocenters. The molecule has 0 bridgehead atoms. The monoisotopic (exact) mass is 408 g/mol. The number of sulfonamides is 1. The van der Waals surface area contributed by atoms with E-state index in [1.54, 1.807) is 55.5 Å². The second kappa shape index (κ2) is 7.48. The molecule has 8 heteroatoms. The molecule has 2 N–H and O–H groups in total. The SMILES string of the molecule is Cc1cc(Nc2nc3ccccc3nc2NS(=O)(=O)c2ccccc2)ccc1F. The molecule has 0 amide bonds. The van der Waals surface area contributed by atoms with E-state index in [1.807, 2.05) is 6.07 Å².